The molecule has 4 rings (SSSR count). The lowest BCUT2D eigenvalue weighted by atomic mass is 10.1. The minimum Gasteiger partial charge on any atom is -0.456 e. The molecule has 0 bridgehead atoms. The van der Waals surface area contributed by atoms with Crippen molar-refractivity contribution in [1.82, 2.24) is 9.97 Å². The third-order valence-electron chi connectivity index (χ3n) is 3.21. The van der Waals surface area contributed by atoms with Gasteiger partial charge in [-0.25, -0.2) is 4.98 Å². The lowest BCUT2D eigenvalue weighted by Crippen LogP contribution is -1.86. The number of ether oxygens (including phenoxy) is 1. The first-order chi connectivity index (χ1) is 9.33. The van der Waals surface area contributed by atoms with Crippen molar-refractivity contribution in [3.63, 3.8) is 0 Å². The van der Waals surface area contributed by atoms with E-state index >= 15 is 0 Å². The van der Waals surface area contributed by atoms with Gasteiger partial charge in [0, 0.05) is 16.1 Å². The zero-order chi connectivity index (χ0) is 12.8. The molecule has 0 spiro atoms. The van der Waals surface area contributed by atoms with E-state index < -0.39 is 0 Å². The van der Waals surface area contributed by atoms with Gasteiger partial charge in [0.2, 0.25) is 0 Å². The summed E-state index contributed by atoms with van der Waals surface area (Å²) in [6.45, 7) is 0. The van der Waals surface area contributed by atoms with Crippen molar-refractivity contribution in [3.05, 3.63) is 53.8 Å². The highest BCUT2D eigenvalue weighted by atomic mass is 35.5. The van der Waals surface area contributed by atoms with Crippen LogP contribution < -0.4 is 4.74 Å². The minimum absolute atomic E-state index is 0.675. The molecule has 0 amide bonds. The summed E-state index contributed by atoms with van der Waals surface area (Å²) in [6, 6.07) is 13.5. The predicted octanol–water partition coefficient (Wildman–Crippen LogP) is 4.50. The number of H-pyrrole nitrogens is 1. The molecule has 0 fully saturated rings. The maximum atomic E-state index is 6.08. The van der Waals surface area contributed by atoms with Crippen molar-refractivity contribution in [2.45, 2.75) is 0 Å². The fourth-order valence-corrected chi connectivity index (χ4v) is 2.53. The summed E-state index contributed by atoms with van der Waals surface area (Å²) in [6.07, 6.45) is 1.69. The molecule has 3 nitrogen and oxygen atoms in total. The fourth-order valence-electron chi connectivity index (χ4n) is 2.36. The monoisotopic (exact) mass is 268 g/mol. The summed E-state index contributed by atoms with van der Waals surface area (Å²) in [5.41, 5.74) is 3.72. The number of imidazole rings is 1. The molecule has 0 saturated heterocycles. The van der Waals surface area contributed by atoms with Crippen molar-refractivity contribution in [1.29, 1.82) is 0 Å². The highest BCUT2D eigenvalue weighted by Crippen LogP contribution is 2.45. The molecule has 1 N–H and O–H groups in total. The number of hydrogen-bond donors (Lipinski definition) is 1. The van der Waals surface area contributed by atoms with Gasteiger partial charge in [0.1, 0.15) is 11.5 Å². The van der Waals surface area contributed by atoms with Crippen LogP contribution in [0.25, 0.3) is 22.5 Å². The standard InChI is InChI=1S/C15H9ClN2O/c16-9-5-6-13-11(7-9)15-14(17-8-18-15)10-3-1-2-4-12(10)19-13/h1-8H,(H,17,18). The second-order valence-electron chi connectivity index (χ2n) is 4.36. The summed E-state index contributed by atoms with van der Waals surface area (Å²) >= 11 is 6.08. The van der Waals surface area contributed by atoms with E-state index in [9.17, 15) is 0 Å². The molecule has 1 aromatic heterocycles. The average Bonchev–Trinajstić information content (AvgIpc) is 2.86. The smallest absolute Gasteiger partial charge is 0.136 e. The summed E-state index contributed by atoms with van der Waals surface area (Å²) in [4.78, 5) is 7.58. The lowest BCUT2D eigenvalue weighted by molar-refractivity contribution is 0.487. The number of benzene rings is 2. The van der Waals surface area contributed by atoms with Crippen molar-refractivity contribution in [2.24, 2.45) is 0 Å². The maximum absolute atomic E-state index is 6.08. The van der Waals surface area contributed by atoms with Crippen LogP contribution in [0.2, 0.25) is 5.02 Å². The van der Waals surface area contributed by atoms with Gasteiger partial charge in [-0.2, -0.15) is 0 Å². The van der Waals surface area contributed by atoms with Gasteiger partial charge in [-0.1, -0.05) is 23.7 Å². The molecule has 92 valence electrons. The first-order valence-electron chi connectivity index (χ1n) is 5.93. The number of fused-ring (bicyclic) bond motifs is 5. The number of halogens is 1. The second-order valence-corrected chi connectivity index (χ2v) is 4.80. The van der Waals surface area contributed by atoms with Gasteiger partial charge < -0.3 is 9.72 Å². The van der Waals surface area contributed by atoms with Crippen LogP contribution in [0.5, 0.6) is 11.5 Å². The summed E-state index contributed by atoms with van der Waals surface area (Å²) in [5, 5.41) is 0.675. The molecular weight excluding hydrogens is 260 g/mol. The van der Waals surface area contributed by atoms with Crippen LogP contribution in [0, 0.1) is 0 Å². The first-order valence-corrected chi connectivity index (χ1v) is 6.31. The zero-order valence-corrected chi connectivity index (χ0v) is 10.6. The zero-order valence-electron chi connectivity index (χ0n) is 9.85. The van der Waals surface area contributed by atoms with E-state index in [0.29, 0.717) is 5.02 Å². The van der Waals surface area contributed by atoms with Crippen LogP contribution in [0.1, 0.15) is 0 Å². The Balaban J connectivity index is 2.10. The van der Waals surface area contributed by atoms with E-state index in [1.165, 1.54) is 0 Å². The number of para-hydroxylation sites is 1. The van der Waals surface area contributed by atoms with E-state index in [1.54, 1.807) is 6.33 Å². The molecule has 0 saturated carbocycles. The van der Waals surface area contributed by atoms with Gasteiger partial charge in [-0.15, -0.1) is 0 Å². The molecule has 0 radical (unpaired) electrons. The molecule has 1 aliphatic rings. The predicted molar refractivity (Wildman–Crippen MR) is 74.5 cm³/mol. The molecule has 2 aromatic carbocycles. The van der Waals surface area contributed by atoms with Crippen LogP contribution in [-0.2, 0) is 0 Å². The summed E-state index contributed by atoms with van der Waals surface area (Å²) in [5.74, 6) is 1.58. The number of hydrogen-bond acceptors (Lipinski definition) is 2. The molecule has 4 heteroatoms. The fraction of sp³-hybridized carbons (Fsp3) is 0. The Kier molecular flexibility index (Phi) is 2.17. The normalized spacial score (nSPS) is 11.8. The first kappa shape index (κ1) is 10.6. The third kappa shape index (κ3) is 1.55. The van der Waals surface area contributed by atoms with E-state index in [4.69, 9.17) is 16.3 Å². The highest BCUT2D eigenvalue weighted by molar-refractivity contribution is 6.31. The van der Waals surface area contributed by atoms with Crippen molar-refractivity contribution in [3.8, 4) is 34.0 Å². The Morgan fingerprint density at radius 2 is 1.84 bits per heavy atom. The van der Waals surface area contributed by atoms with Gasteiger partial charge in [0.05, 0.1) is 17.7 Å². The van der Waals surface area contributed by atoms with Crippen LogP contribution in [0.3, 0.4) is 0 Å². The summed E-state index contributed by atoms with van der Waals surface area (Å²) in [7, 11) is 0. The molecule has 19 heavy (non-hydrogen) atoms. The Hall–Kier alpha value is -2.26. The van der Waals surface area contributed by atoms with E-state index in [0.717, 1.165) is 34.0 Å². The molecule has 0 aliphatic carbocycles. The SMILES string of the molecule is Clc1ccc2c(c1)-c1[nH]cnc1-c1ccccc1O2. The van der Waals surface area contributed by atoms with Gasteiger partial charge in [-0.3, -0.25) is 0 Å². The van der Waals surface area contributed by atoms with Gasteiger partial charge >= 0.3 is 0 Å². The third-order valence-corrected chi connectivity index (χ3v) is 3.45. The van der Waals surface area contributed by atoms with Crippen LogP contribution in [0.15, 0.2) is 48.8 Å². The molecule has 3 aromatic rings. The summed E-state index contributed by atoms with van der Waals surface area (Å²) < 4.78 is 5.98. The molecule has 2 heterocycles. The van der Waals surface area contributed by atoms with Crippen LogP contribution in [-0.4, -0.2) is 9.97 Å². The molecular formula is C15H9ClN2O. The van der Waals surface area contributed by atoms with Gasteiger partial charge in [0.15, 0.2) is 0 Å². The largest absolute Gasteiger partial charge is 0.456 e. The minimum atomic E-state index is 0.675. The highest BCUT2D eigenvalue weighted by Gasteiger charge is 2.22. The van der Waals surface area contributed by atoms with Crippen molar-refractivity contribution in [2.75, 3.05) is 0 Å². The Morgan fingerprint density at radius 1 is 1.00 bits per heavy atom. The van der Waals surface area contributed by atoms with E-state index in [-0.39, 0.29) is 0 Å². The van der Waals surface area contributed by atoms with Crippen molar-refractivity contribution < 1.29 is 4.74 Å². The quantitative estimate of drug-likeness (QED) is 0.510. The number of aromatic nitrogens is 2. The topological polar surface area (TPSA) is 37.9 Å². The van der Waals surface area contributed by atoms with E-state index in [1.807, 2.05) is 42.5 Å². The van der Waals surface area contributed by atoms with Crippen molar-refractivity contribution >= 4 is 11.6 Å². The number of aromatic amines is 1. The number of nitrogens with zero attached hydrogens (tertiary/aromatic N) is 1. The Labute approximate surface area is 114 Å². The molecule has 0 atom stereocenters. The van der Waals surface area contributed by atoms with Gasteiger partial charge in [0.25, 0.3) is 0 Å². The molecule has 1 aliphatic heterocycles. The maximum Gasteiger partial charge on any atom is 0.136 e. The average molecular weight is 269 g/mol. The van der Waals surface area contributed by atoms with Gasteiger partial charge in [-0.05, 0) is 30.3 Å². The Bertz CT molecular complexity index is 779. The Morgan fingerprint density at radius 3 is 2.79 bits per heavy atom. The van der Waals surface area contributed by atoms with Crippen LogP contribution >= 0.6 is 11.6 Å². The second kappa shape index (κ2) is 3.87. The number of rotatable bonds is 0. The van der Waals surface area contributed by atoms with Crippen LogP contribution in [0.4, 0.5) is 0 Å². The lowest BCUT2D eigenvalue weighted by Gasteiger charge is -2.08. The van der Waals surface area contributed by atoms with E-state index in [2.05, 4.69) is 9.97 Å². The molecule has 0 unspecified atom stereocenters. The number of nitrogens with one attached hydrogen (secondary N) is 1.